The third-order valence-corrected chi connectivity index (χ3v) is 3.07. The molecule has 0 atom stereocenters. The number of halogens is 2. The smallest absolute Gasteiger partial charge is 0.346 e. The van der Waals surface area contributed by atoms with Crippen molar-refractivity contribution in [2.24, 2.45) is 0 Å². The second-order valence-corrected chi connectivity index (χ2v) is 4.80. The average Bonchev–Trinajstić information content (AvgIpc) is 2.31. The first-order valence-corrected chi connectivity index (χ1v) is 6.30. The van der Waals surface area contributed by atoms with E-state index in [0.717, 1.165) is 3.57 Å². The van der Waals surface area contributed by atoms with Crippen LogP contribution < -0.4 is 5.43 Å². The van der Waals surface area contributed by atoms with Gasteiger partial charge in [-0.3, -0.25) is 4.79 Å². The molecule has 0 aliphatic rings. The Balaban J connectivity index is 2.75. The number of rotatable bonds is 2. The van der Waals surface area contributed by atoms with E-state index >= 15 is 0 Å². The molecule has 0 saturated heterocycles. The van der Waals surface area contributed by atoms with E-state index in [4.69, 9.17) is 0 Å². The molecule has 0 aliphatic carbocycles. The summed E-state index contributed by atoms with van der Waals surface area (Å²) in [6.45, 7) is 1.68. The van der Waals surface area contributed by atoms with E-state index in [-0.39, 0.29) is 12.0 Å². The van der Waals surface area contributed by atoms with Gasteiger partial charge in [-0.25, -0.2) is 4.79 Å². The molecule has 2 aromatic rings. The number of hydrogen-bond acceptors (Lipinski definition) is 3. The molecule has 6 heteroatoms. The molecular weight excluding hydrogens is 352 g/mol. The molecule has 18 heavy (non-hydrogen) atoms. The Labute approximate surface area is 115 Å². The number of aromatic nitrogens is 1. The summed E-state index contributed by atoms with van der Waals surface area (Å²) in [4.78, 5) is 26.0. The third kappa shape index (κ3) is 2.24. The van der Waals surface area contributed by atoms with Gasteiger partial charge in [-0.1, -0.05) is 0 Å². The highest BCUT2D eigenvalue weighted by atomic mass is 127. The van der Waals surface area contributed by atoms with E-state index in [1.54, 1.807) is 25.1 Å². The maximum Gasteiger partial charge on any atom is 0.346 e. The van der Waals surface area contributed by atoms with Crippen LogP contribution in [0.15, 0.2) is 23.0 Å². The monoisotopic (exact) mass is 361 g/mol. The number of carbonyl (C=O) groups is 1. The molecule has 1 aromatic carbocycles. The summed E-state index contributed by atoms with van der Waals surface area (Å²) in [6.07, 6.45) is 0. The maximum atomic E-state index is 13.7. The average molecular weight is 361 g/mol. The lowest BCUT2D eigenvalue weighted by Gasteiger charge is -2.05. The molecule has 1 heterocycles. The van der Waals surface area contributed by atoms with E-state index in [1.165, 1.54) is 0 Å². The lowest BCUT2D eigenvalue weighted by atomic mass is 10.1. The Bertz CT molecular complexity index is 681. The van der Waals surface area contributed by atoms with Crippen LogP contribution in [0, 0.1) is 9.52 Å². The van der Waals surface area contributed by atoms with Gasteiger partial charge in [-0.2, -0.15) is 4.39 Å². The minimum absolute atomic E-state index is 0.0854. The first-order chi connectivity index (χ1) is 8.54. The summed E-state index contributed by atoms with van der Waals surface area (Å²) < 4.78 is 19.2. The van der Waals surface area contributed by atoms with E-state index in [1.807, 2.05) is 22.6 Å². The Hall–Kier alpha value is -1.44. The van der Waals surface area contributed by atoms with E-state index < -0.39 is 22.9 Å². The summed E-state index contributed by atoms with van der Waals surface area (Å²) in [5.74, 6) is -1.91. The molecule has 0 fully saturated rings. The molecule has 0 radical (unpaired) electrons. The zero-order chi connectivity index (χ0) is 13.3. The lowest BCUT2D eigenvalue weighted by Crippen LogP contribution is -2.21. The van der Waals surface area contributed by atoms with Gasteiger partial charge in [0, 0.05) is 8.96 Å². The first kappa shape index (κ1) is 13.0. The molecule has 94 valence electrons. The van der Waals surface area contributed by atoms with Crippen molar-refractivity contribution in [2.45, 2.75) is 6.92 Å². The number of fused-ring (bicyclic) bond motifs is 1. The van der Waals surface area contributed by atoms with Crippen LogP contribution >= 0.6 is 22.6 Å². The molecule has 1 aromatic heterocycles. The van der Waals surface area contributed by atoms with Crippen LogP contribution in [0.25, 0.3) is 10.9 Å². The first-order valence-electron chi connectivity index (χ1n) is 5.22. The van der Waals surface area contributed by atoms with Crippen molar-refractivity contribution in [1.82, 2.24) is 4.98 Å². The number of pyridine rings is 1. The number of ether oxygens (including phenoxy) is 1. The maximum absolute atomic E-state index is 13.7. The van der Waals surface area contributed by atoms with Crippen molar-refractivity contribution in [1.29, 1.82) is 0 Å². The number of nitrogens with one attached hydrogen (secondary N) is 1. The van der Waals surface area contributed by atoms with Gasteiger partial charge in [-0.15, -0.1) is 0 Å². The van der Waals surface area contributed by atoms with Crippen LogP contribution in [0.5, 0.6) is 0 Å². The van der Waals surface area contributed by atoms with Crippen LogP contribution in [0.1, 0.15) is 17.3 Å². The zero-order valence-corrected chi connectivity index (χ0v) is 11.6. The highest BCUT2D eigenvalue weighted by Gasteiger charge is 2.20. The number of esters is 1. The summed E-state index contributed by atoms with van der Waals surface area (Å²) in [6, 6.07) is 4.93. The number of benzene rings is 1. The number of H-pyrrole nitrogens is 1. The molecule has 0 aliphatic heterocycles. The van der Waals surface area contributed by atoms with Crippen LogP contribution in [0.2, 0.25) is 0 Å². The second kappa shape index (κ2) is 5.05. The van der Waals surface area contributed by atoms with Crippen molar-refractivity contribution in [3.8, 4) is 0 Å². The van der Waals surface area contributed by atoms with E-state index in [0.29, 0.717) is 5.52 Å². The molecule has 0 saturated carbocycles. The minimum atomic E-state index is -0.966. The Kier molecular flexibility index (Phi) is 3.65. The molecule has 1 N–H and O–H groups in total. The lowest BCUT2D eigenvalue weighted by molar-refractivity contribution is 0.0518. The van der Waals surface area contributed by atoms with Gasteiger partial charge in [0.25, 0.3) is 0 Å². The standard InChI is InChI=1S/C12H9FINO3/c1-2-18-12(17)9-10(16)7-5-6(14)3-4-8(7)15-11(9)13/h3-5H,2H2,1H3,(H,15,16). The normalized spacial score (nSPS) is 10.6. The van der Waals surface area contributed by atoms with Crippen molar-refractivity contribution in [2.75, 3.05) is 6.61 Å². The number of hydrogen-bond donors (Lipinski definition) is 1. The largest absolute Gasteiger partial charge is 0.462 e. The van der Waals surface area contributed by atoms with Gasteiger partial charge in [0.2, 0.25) is 11.4 Å². The quantitative estimate of drug-likeness (QED) is 0.508. The van der Waals surface area contributed by atoms with Gasteiger partial charge in [0.05, 0.1) is 12.1 Å². The zero-order valence-electron chi connectivity index (χ0n) is 9.42. The van der Waals surface area contributed by atoms with Crippen LogP contribution in [0.4, 0.5) is 4.39 Å². The molecule has 0 spiro atoms. The SMILES string of the molecule is CCOC(=O)c1c(F)[nH]c2ccc(I)cc2c1=O. The molecule has 0 amide bonds. The molecule has 0 bridgehead atoms. The highest BCUT2D eigenvalue weighted by Crippen LogP contribution is 2.15. The van der Waals surface area contributed by atoms with Gasteiger partial charge in [0.15, 0.2) is 5.56 Å². The summed E-state index contributed by atoms with van der Waals surface area (Å²) in [5.41, 5.74) is -0.879. The highest BCUT2D eigenvalue weighted by molar-refractivity contribution is 14.1. The van der Waals surface area contributed by atoms with E-state index in [2.05, 4.69) is 9.72 Å². The predicted molar refractivity (Wildman–Crippen MR) is 73.2 cm³/mol. The fourth-order valence-electron chi connectivity index (χ4n) is 1.61. The summed E-state index contributed by atoms with van der Waals surface area (Å²) >= 11 is 2.04. The Morgan fingerprint density at radius 1 is 1.50 bits per heavy atom. The molecule has 4 nitrogen and oxygen atoms in total. The fourth-order valence-corrected chi connectivity index (χ4v) is 2.11. The Morgan fingerprint density at radius 2 is 2.22 bits per heavy atom. The number of aromatic amines is 1. The van der Waals surface area contributed by atoms with Gasteiger partial charge < -0.3 is 9.72 Å². The van der Waals surface area contributed by atoms with Gasteiger partial charge >= 0.3 is 5.97 Å². The molecule has 2 rings (SSSR count). The van der Waals surface area contributed by atoms with Crippen molar-refractivity contribution < 1.29 is 13.9 Å². The summed E-state index contributed by atoms with van der Waals surface area (Å²) in [7, 11) is 0. The molecule has 0 unspecified atom stereocenters. The van der Waals surface area contributed by atoms with Crippen LogP contribution in [0.3, 0.4) is 0 Å². The van der Waals surface area contributed by atoms with E-state index in [9.17, 15) is 14.0 Å². The summed E-state index contributed by atoms with van der Waals surface area (Å²) in [5, 5.41) is 0.270. The van der Waals surface area contributed by atoms with Crippen molar-refractivity contribution >= 4 is 39.5 Å². The van der Waals surface area contributed by atoms with Crippen LogP contribution in [-0.2, 0) is 4.74 Å². The Morgan fingerprint density at radius 3 is 2.89 bits per heavy atom. The van der Waals surface area contributed by atoms with Crippen LogP contribution in [-0.4, -0.2) is 17.6 Å². The topological polar surface area (TPSA) is 59.2 Å². The third-order valence-electron chi connectivity index (χ3n) is 2.40. The fraction of sp³-hybridized carbons (Fsp3) is 0.167. The van der Waals surface area contributed by atoms with Gasteiger partial charge in [0.1, 0.15) is 0 Å². The predicted octanol–water partition coefficient (Wildman–Crippen LogP) is 2.45. The second-order valence-electron chi connectivity index (χ2n) is 3.55. The van der Waals surface area contributed by atoms with Crippen molar-refractivity contribution in [3.05, 3.63) is 43.5 Å². The van der Waals surface area contributed by atoms with Crippen molar-refractivity contribution in [3.63, 3.8) is 0 Å². The molecular formula is C12H9FINO3. The minimum Gasteiger partial charge on any atom is -0.462 e. The van der Waals surface area contributed by atoms with Gasteiger partial charge in [-0.05, 0) is 47.7 Å². The number of carbonyl (C=O) groups excluding carboxylic acids is 1.